The van der Waals surface area contributed by atoms with Crippen LogP contribution >= 0.6 is 11.6 Å². The van der Waals surface area contributed by atoms with Gasteiger partial charge in [0.25, 0.3) is 0 Å². The first-order chi connectivity index (χ1) is 8.65. The smallest absolute Gasteiger partial charge is 0.319 e. The number of aromatic nitrogens is 2. The molecule has 1 aromatic heterocycles. The van der Waals surface area contributed by atoms with E-state index in [2.05, 4.69) is 14.9 Å². The van der Waals surface area contributed by atoms with E-state index < -0.39 is 0 Å². The fourth-order valence-corrected chi connectivity index (χ4v) is 3.05. The fraction of sp³-hybridized carbons (Fsp3) is 0.583. The van der Waals surface area contributed by atoms with Crippen LogP contribution in [0.1, 0.15) is 12.8 Å². The van der Waals surface area contributed by atoms with Gasteiger partial charge in [-0.2, -0.15) is 9.97 Å². The molecule has 0 N–H and O–H groups in total. The Hall–Kier alpha value is -1.07. The molecule has 1 aromatic rings. The van der Waals surface area contributed by atoms with Crippen molar-refractivity contribution >= 4 is 17.4 Å². The molecule has 1 saturated carbocycles. The van der Waals surface area contributed by atoms with E-state index in [1.54, 1.807) is 20.3 Å². The SMILES string of the molecule is COCC12C[C](C1)N(c1cc(Cl)nc(OC)n1)C2. The Morgan fingerprint density at radius 1 is 1.39 bits per heavy atom. The van der Waals surface area contributed by atoms with Gasteiger partial charge >= 0.3 is 6.01 Å². The molecular weight excluding hydrogens is 254 g/mol. The van der Waals surface area contributed by atoms with Crippen molar-refractivity contribution in [2.24, 2.45) is 5.41 Å². The van der Waals surface area contributed by atoms with Gasteiger partial charge in [-0.3, -0.25) is 0 Å². The van der Waals surface area contributed by atoms with Crippen molar-refractivity contribution in [1.82, 2.24) is 9.97 Å². The van der Waals surface area contributed by atoms with Gasteiger partial charge in [0.2, 0.25) is 0 Å². The molecule has 3 aliphatic rings. The summed E-state index contributed by atoms with van der Waals surface area (Å²) in [6.45, 7) is 1.73. The monoisotopic (exact) mass is 268 g/mol. The van der Waals surface area contributed by atoms with E-state index >= 15 is 0 Å². The van der Waals surface area contributed by atoms with E-state index in [1.807, 2.05) is 0 Å². The second-order valence-electron chi connectivity index (χ2n) is 4.97. The molecule has 2 aliphatic heterocycles. The van der Waals surface area contributed by atoms with Crippen LogP contribution < -0.4 is 9.64 Å². The summed E-state index contributed by atoms with van der Waals surface area (Å²) >= 11 is 5.97. The number of hydrogen-bond donors (Lipinski definition) is 0. The molecule has 1 radical (unpaired) electrons. The zero-order chi connectivity index (χ0) is 12.8. The van der Waals surface area contributed by atoms with Gasteiger partial charge in [0.05, 0.1) is 19.8 Å². The highest BCUT2D eigenvalue weighted by molar-refractivity contribution is 6.29. The molecule has 2 bridgehead atoms. The number of hydrogen-bond acceptors (Lipinski definition) is 5. The highest BCUT2D eigenvalue weighted by atomic mass is 35.5. The molecular formula is C12H15ClN3O2. The quantitative estimate of drug-likeness (QED) is 0.781. The van der Waals surface area contributed by atoms with Crippen molar-refractivity contribution in [3.8, 4) is 6.01 Å². The van der Waals surface area contributed by atoms with E-state index in [4.69, 9.17) is 21.1 Å². The van der Waals surface area contributed by atoms with Gasteiger partial charge in [-0.15, -0.1) is 0 Å². The first-order valence-corrected chi connectivity index (χ1v) is 6.23. The van der Waals surface area contributed by atoms with Gasteiger partial charge in [0.15, 0.2) is 0 Å². The Morgan fingerprint density at radius 3 is 2.83 bits per heavy atom. The average Bonchev–Trinajstić information content (AvgIpc) is 2.83. The fourth-order valence-electron chi connectivity index (χ4n) is 2.88. The molecule has 0 aromatic carbocycles. The molecule has 0 unspecified atom stereocenters. The summed E-state index contributed by atoms with van der Waals surface area (Å²) < 4.78 is 10.3. The van der Waals surface area contributed by atoms with Crippen molar-refractivity contribution in [1.29, 1.82) is 0 Å². The number of fused-ring (bicyclic) bond motifs is 1. The van der Waals surface area contributed by atoms with Crippen LogP contribution in [-0.2, 0) is 4.74 Å². The van der Waals surface area contributed by atoms with E-state index in [-0.39, 0.29) is 5.41 Å². The molecule has 0 atom stereocenters. The van der Waals surface area contributed by atoms with E-state index in [0.717, 1.165) is 31.8 Å². The number of ether oxygens (including phenoxy) is 2. The third-order valence-corrected chi connectivity index (χ3v) is 3.80. The molecule has 6 heteroatoms. The topological polar surface area (TPSA) is 47.5 Å². The van der Waals surface area contributed by atoms with Crippen LogP contribution in [0, 0.1) is 11.5 Å². The van der Waals surface area contributed by atoms with Crippen molar-refractivity contribution < 1.29 is 9.47 Å². The minimum atomic E-state index is 0.273. The lowest BCUT2D eigenvalue weighted by Crippen LogP contribution is -2.33. The molecule has 2 saturated heterocycles. The van der Waals surface area contributed by atoms with E-state index in [1.165, 1.54) is 6.04 Å². The minimum absolute atomic E-state index is 0.273. The lowest BCUT2D eigenvalue weighted by molar-refractivity contribution is 0.0694. The Bertz CT molecular complexity index is 463. The maximum Gasteiger partial charge on any atom is 0.319 e. The Morgan fingerprint density at radius 2 is 2.17 bits per heavy atom. The first-order valence-electron chi connectivity index (χ1n) is 5.85. The number of halogens is 1. The molecule has 3 heterocycles. The van der Waals surface area contributed by atoms with Crippen molar-refractivity contribution in [3.05, 3.63) is 17.3 Å². The van der Waals surface area contributed by atoms with E-state index in [0.29, 0.717) is 11.2 Å². The highest BCUT2D eigenvalue weighted by Crippen LogP contribution is 2.57. The third-order valence-electron chi connectivity index (χ3n) is 3.60. The predicted molar refractivity (Wildman–Crippen MR) is 67.7 cm³/mol. The minimum Gasteiger partial charge on any atom is -0.467 e. The van der Waals surface area contributed by atoms with Gasteiger partial charge in [-0.25, -0.2) is 0 Å². The Kier molecular flexibility index (Phi) is 2.83. The van der Waals surface area contributed by atoms with Gasteiger partial charge in [-0.1, -0.05) is 11.6 Å². The Labute approximate surface area is 111 Å². The summed E-state index contributed by atoms with van der Waals surface area (Å²) in [5.41, 5.74) is 0.273. The lowest BCUT2D eigenvalue weighted by Gasteiger charge is -2.35. The zero-order valence-electron chi connectivity index (χ0n) is 10.4. The molecule has 4 rings (SSSR count). The number of nitrogens with zero attached hydrogens (tertiary/aromatic N) is 3. The zero-order valence-corrected chi connectivity index (χ0v) is 11.2. The van der Waals surface area contributed by atoms with Crippen LogP contribution in [0.5, 0.6) is 6.01 Å². The molecule has 5 nitrogen and oxygen atoms in total. The van der Waals surface area contributed by atoms with Gasteiger partial charge in [-0.05, 0) is 12.8 Å². The normalized spacial score (nSPS) is 20.9. The van der Waals surface area contributed by atoms with Crippen molar-refractivity contribution in [3.63, 3.8) is 0 Å². The second-order valence-corrected chi connectivity index (χ2v) is 5.36. The van der Waals surface area contributed by atoms with Gasteiger partial charge < -0.3 is 14.4 Å². The molecule has 1 aliphatic carbocycles. The molecule has 3 fully saturated rings. The molecule has 0 spiro atoms. The molecule has 18 heavy (non-hydrogen) atoms. The molecule has 97 valence electrons. The summed E-state index contributed by atoms with van der Waals surface area (Å²) in [6.07, 6.45) is 2.18. The van der Waals surface area contributed by atoms with Crippen LogP contribution in [0.25, 0.3) is 0 Å². The van der Waals surface area contributed by atoms with Crippen LogP contribution in [0.3, 0.4) is 0 Å². The van der Waals surface area contributed by atoms with E-state index in [9.17, 15) is 0 Å². The number of anilines is 1. The van der Waals surface area contributed by atoms with Crippen LogP contribution in [0.2, 0.25) is 5.15 Å². The Balaban J connectivity index is 1.83. The summed E-state index contributed by atoms with van der Waals surface area (Å²) in [7, 11) is 3.29. The van der Waals surface area contributed by atoms with Crippen molar-refractivity contribution in [2.45, 2.75) is 12.8 Å². The van der Waals surface area contributed by atoms with Crippen molar-refractivity contribution in [2.75, 3.05) is 32.3 Å². The van der Waals surface area contributed by atoms with Gasteiger partial charge in [0.1, 0.15) is 11.0 Å². The maximum atomic E-state index is 5.97. The standard InChI is InChI=1S/C12H15ClN3O2/c1-17-7-12-4-8(5-12)16(6-12)10-3-9(13)14-11(15-10)18-2/h3H,4-7H2,1-2H3. The first kappa shape index (κ1) is 12.0. The molecule has 0 amide bonds. The highest BCUT2D eigenvalue weighted by Gasteiger charge is 2.56. The number of rotatable bonds is 4. The maximum absolute atomic E-state index is 5.97. The summed E-state index contributed by atoms with van der Waals surface area (Å²) in [4.78, 5) is 10.5. The lowest BCUT2D eigenvalue weighted by atomic mass is 9.71. The predicted octanol–water partition coefficient (Wildman–Crippen LogP) is 1.92. The summed E-state index contributed by atoms with van der Waals surface area (Å²) in [5, 5.41) is 0.405. The number of methoxy groups -OCH3 is 2. The largest absolute Gasteiger partial charge is 0.467 e. The van der Waals surface area contributed by atoms with Gasteiger partial charge in [0, 0.05) is 25.1 Å². The third kappa shape index (κ3) is 1.82. The van der Waals surface area contributed by atoms with Crippen LogP contribution in [0.15, 0.2) is 6.07 Å². The second kappa shape index (κ2) is 4.24. The van der Waals surface area contributed by atoms with Crippen LogP contribution in [0.4, 0.5) is 5.82 Å². The van der Waals surface area contributed by atoms with Crippen LogP contribution in [-0.4, -0.2) is 37.3 Å². The summed E-state index contributed by atoms with van der Waals surface area (Å²) in [5.74, 6) is 0.817. The average molecular weight is 269 g/mol. The summed E-state index contributed by atoms with van der Waals surface area (Å²) in [6, 6.07) is 3.48.